The summed E-state index contributed by atoms with van der Waals surface area (Å²) in [4.78, 5) is 11.9. The molecule has 19 heavy (non-hydrogen) atoms. The van der Waals surface area contributed by atoms with E-state index in [0.717, 1.165) is 12.0 Å². The highest BCUT2D eigenvalue weighted by molar-refractivity contribution is 5.78. The van der Waals surface area contributed by atoms with Crippen molar-refractivity contribution in [3.63, 3.8) is 0 Å². The molecule has 0 radical (unpaired) electrons. The van der Waals surface area contributed by atoms with Gasteiger partial charge in [0.1, 0.15) is 0 Å². The zero-order chi connectivity index (χ0) is 14.5. The fourth-order valence-electron chi connectivity index (χ4n) is 2.02. The third kappa shape index (κ3) is 5.75. The highest BCUT2D eigenvalue weighted by atomic mass is 16.5. The van der Waals surface area contributed by atoms with Crippen molar-refractivity contribution in [1.82, 2.24) is 5.32 Å². The van der Waals surface area contributed by atoms with Crippen LogP contribution in [0.5, 0.6) is 0 Å². The summed E-state index contributed by atoms with van der Waals surface area (Å²) in [5.41, 5.74) is 7.05. The average molecular weight is 264 g/mol. The number of nitrogens with two attached hydrogens (primary N) is 1. The molecule has 1 aromatic carbocycles. The molecule has 0 bridgehead atoms. The van der Waals surface area contributed by atoms with E-state index < -0.39 is 0 Å². The number of hydrogen-bond acceptors (Lipinski definition) is 3. The van der Waals surface area contributed by atoms with Crippen LogP contribution in [0, 0.1) is 0 Å². The molecule has 1 rings (SSSR count). The van der Waals surface area contributed by atoms with E-state index in [1.807, 2.05) is 32.9 Å². The van der Waals surface area contributed by atoms with E-state index in [2.05, 4.69) is 5.32 Å². The predicted octanol–water partition coefficient (Wildman–Crippen LogP) is 2.13. The summed E-state index contributed by atoms with van der Waals surface area (Å²) < 4.78 is 5.36. The maximum Gasteiger partial charge on any atom is 0.224 e. The largest absolute Gasteiger partial charge is 0.399 e. The van der Waals surface area contributed by atoms with Crippen molar-refractivity contribution in [1.29, 1.82) is 0 Å². The highest BCUT2D eigenvalue weighted by Crippen LogP contribution is 2.15. The Morgan fingerprint density at radius 3 is 2.47 bits per heavy atom. The molecule has 1 atom stereocenters. The number of ether oxygens (including phenoxy) is 1. The topological polar surface area (TPSA) is 64.3 Å². The molecule has 0 saturated carbocycles. The monoisotopic (exact) mass is 264 g/mol. The molecule has 0 heterocycles. The first-order valence-electron chi connectivity index (χ1n) is 6.51. The van der Waals surface area contributed by atoms with Crippen LogP contribution in [0.3, 0.4) is 0 Å². The van der Waals surface area contributed by atoms with Crippen LogP contribution < -0.4 is 11.1 Å². The van der Waals surface area contributed by atoms with Crippen molar-refractivity contribution < 1.29 is 9.53 Å². The number of hydrogen-bond donors (Lipinski definition) is 2. The van der Waals surface area contributed by atoms with Crippen LogP contribution in [0.4, 0.5) is 5.69 Å². The Kier molecular flexibility index (Phi) is 5.36. The second-order valence-corrected chi connectivity index (χ2v) is 5.55. The van der Waals surface area contributed by atoms with Crippen molar-refractivity contribution in [2.45, 2.75) is 45.3 Å². The average Bonchev–Trinajstić information content (AvgIpc) is 2.31. The molecule has 0 fully saturated rings. The summed E-state index contributed by atoms with van der Waals surface area (Å²) >= 11 is 0. The second kappa shape index (κ2) is 6.57. The van der Waals surface area contributed by atoms with Gasteiger partial charge in [-0.25, -0.2) is 0 Å². The van der Waals surface area contributed by atoms with Gasteiger partial charge in [0, 0.05) is 18.8 Å². The fraction of sp³-hybridized carbons (Fsp3) is 0.533. The number of nitrogens with one attached hydrogen (secondary N) is 1. The number of carbonyl (C=O) groups is 1. The van der Waals surface area contributed by atoms with E-state index >= 15 is 0 Å². The lowest BCUT2D eigenvalue weighted by Gasteiger charge is -2.27. The van der Waals surface area contributed by atoms with Crippen LogP contribution in [0.2, 0.25) is 0 Å². The van der Waals surface area contributed by atoms with Gasteiger partial charge < -0.3 is 15.8 Å². The Hall–Kier alpha value is -1.55. The molecule has 0 aromatic heterocycles. The van der Waals surface area contributed by atoms with Crippen LogP contribution in [0.25, 0.3) is 0 Å². The van der Waals surface area contributed by atoms with Gasteiger partial charge in [-0.1, -0.05) is 12.1 Å². The van der Waals surface area contributed by atoms with E-state index in [0.29, 0.717) is 12.1 Å². The molecule has 0 aliphatic carbocycles. The molecule has 3 N–H and O–H groups in total. The van der Waals surface area contributed by atoms with E-state index in [1.54, 1.807) is 19.2 Å². The van der Waals surface area contributed by atoms with Gasteiger partial charge in [-0.3, -0.25) is 4.79 Å². The summed E-state index contributed by atoms with van der Waals surface area (Å²) in [7, 11) is 1.68. The lowest BCUT2D eigenvalue weighted by Crippen LogP contribution is -2.39. The maximum atomic E-state index is 11.9. The van der Waals surface area contributed by atoms with Gasteiger partial charge in [-0.2, -0.15) is 0 Å². The quantitative estimate of drug-likeness (QED) is 0.774. The Bertz CT molecular complexity index is 413. The zero-order valence-corrected chi connectivity index (χ0v) is 12.2. The van der Waals surface area contributed by atoms with E-state index in [9.17, 15) is 4.79 Å². The molecule has 1 amide bonds. The van der Waals surface area contributed by atoms with Crippen molar-refractivity contribution in [3.8, 4) is 0 Å². The van der Waals surface area contributed by atoms with Crippen LogP contribution in [-0.4, -0.2) is 24.7 Å². The van der Waals surface area contributed by atoms with Gasteiger partial charge in [0.15, 0.2) is 0 Å². The van der Waals surface area contributed by atoms with Crippen LogP contribution in [-0.2, 0) is 16.0 Å². The third-order valence-electron chi connectivity index (χ3n) is 3.10. The molecule has 4 heteroatoms. The lowest BCUT2D eigenvalue weighted by atomic mass is 9.99. The minimum Gasteiger partial charge on any atom is -0.399 e. The number of rotatable bonds is 6. The Labute approximate surface area is 115 Å². The van der Waals surface area contributed by atoms with Crippen LogP contribution in [0.15, 0.2) is 24.3 Å². The van der Waals surface area contributed by atoms with Crippen molar-refractivity contribution >= 4 is 11.6 Å². The lowest BCUT2D eigenvalue weighted by molar-refractivity contribution is -0.121. The molecule has 1 unspecified atom stereocenters. The molecule has 1 aromatic rings. The highest BCUT2D eigenvalue weighted by Gasteiger charge is 2.21. The smallest absolute Gasteiger partial charge is 0.224 e. The summed E-state index contributed by atoms with van der Waals surface area (Å²) in [6.45, 7) is 6.01. The molecule has 4 nitrogen and oxygen atoms in total. The maximum absolute atomic E-state index is 11.9. The van der Waals surface area contributed by atoms with Crippen LogP contribution in [0.1, 0.15) is 32.8 Å². The molecule has 0 saturated heterocycles. The van der Waals surface area contributed by atoms with E-state index in [1.165, 1.54) is 0 Å². The minimum atomic E-state index is -0.228. The summed E-state index contributed by atoms with van der Waals surface area (Å²) in [6, 6.07) is 7.44. The number of nitrogen functional groups attached to an aromatic ring is 1. The van der Waals surface area contributed by atoms with Crippen molar-refractivity contribution in [2.75, 3.05) is 12.8 Å². The first-order chi connectivity index (χ1) is 8.82. The predicted molar refractivity (Wildman–Crippen MR) is 77.9 cm³/mol. The van der Waals surface area contributed by atoms with Gasteiger partial charge in [-0.05, 0) is 44.9 Å². The summed E-state index contributed by atoms with van der Waals surface area (Å²) in [5, 5.41) is 2.98. The Balaban J connectivity index is 2.45. The number of methoxy groups -OCH3 is 1. The Morgan fingerprint density at radius 2 is 1.95 bits per heavy atom. The molecule has 0 aliphatic rings. The molecule has 0 aliphatic heterocycles. The zero-order valence-electron chi connectivity index (χ0n) is 12.2. The number of benzene rings is 1. The number of carbonyl (C=O) groups excluding carboxylic acids is 1. The standard InChI is InChI=1S/C15H24N2O2/c1-11(10-15(2,3)19-4)17-14(18)9-12-5-7-13(16)8-6-12/h5-8,11H,9-10,16H2,1-4H3,(H,17,18). The minimum absolute atomic E-state index is 0.0178. The molecule has 0 spiro atoms. The Morgan fingerprint density at radius 1 is 1.37 bits per heavy atom. The van der Waals surface area contributed by atoms with Gasteiger partial charge in [0.05, 0.1) is 12.0 Å². The molecular formula is C15H24N2O2. The molecular weight excluding hydrogens is 240 g/mol. The van der Waals surface area contributed by atoms with Crippen molar-refractivity contribution in [3.05, 3.63) is 29.8 Å². The summed E-state index contributed by atoms with van der Waals surface area (Å²) in [5.74, 6) is 0.0178. The van der Waals surface area contributed by atoms with Gasteiger partial charge in [0.2, 0.25) is 5.91 Å². The molecule has 106 valence electrons. The first kappa shape index (κ1) is 15.5. The van der Waals surface area contributed by atoms with Gasteiger partial charge >= 0.3 is 0 Å². The normalized spacial score (nSPS) is 13.1. The van der Waals surface area contributed by atoms with Crippen molar-refractivity contribution in [2.24, 2.45) is 0 Å². The number of anilines is 1. The van der Waals surface area contributed by atoms with Gasteiger partial charge in [-0.15, -0.1) is 0 Å². The van der Waals surface area contributed by atoms with E-state index in [-0.39, 0.29) is 17.6 Å². The van der Waals surface area contributed by atoms with E-state index in [4.69, 9.17) is 10.5 Å². The SMILES string of the molecule is COC(C)(C)CC(C)NC(=O)Cc1ccc(N)cc1. The van der Waals surface area contributed by atoms with Crippen LogP contribution >= 0.6 is 0 Å². The summed E-state index contributed by atoms with van der Waals surface area (Å²) in [6.07, 6.45) is 1.15. The number of amides is 1. The first-order valence-corrected chi connectivity index (χ1v) is 6.51. The second-order valence-electron chi connectivity index (χ2n) is 5.55. The third-order valence-corrected chi connectivity index (χ3v) is 3.10. The fourth-order valence-corrected chi connectivity index (χ4v) is 2.02. The van der Waals surface area contributed by atoms with Gasteiger partial charge in [0.25, 0.3) is 0 Å².